The van der Waals surface area contributed by atoms with Crippen molar-refractivity contribution in [3.8, 4) is 0 Å². The molecular formula is C38H54ClN3. The highest BCUT2D eigenvalue weighted by molar-refractivity contribution is 6.30. The zero-order valence-corrected chi connectivity index (χ0v) is 28.4. The molecule has 4 heteroatoms. The van der Waals surface area contributed by atoms with Crippen molar-refractivity contribution in [1.29, 1.82) is 0 Å². The van der Waals surface area contributed by atoms with Crippen LogP contribution in [0.2, 0.25) is 5.02 Å². The fourth-order valence-corrected chi connectivity index (χ4v) is 5.60. The molecule has 3 aromatic rings. The maximum absolute atomic E-state index is 6.04. The number of hydrogen-bond acceptors (Lipinski definition) is 3. The Morgan fingerprint density at radius 3 is 2.07 bits per heavy atom. The highest BCUT2D eigenvalue weighted by Crippen LogP contribution is 2.29. The standard InChI is InChI=1S/C34H42ClN3.2C2H6/c1-24-11-12-26(3)33(23-24)36-34(28(5)32-10-8-7-9-25(32)2)29(6)38-21-19-37(20-22-38)27(4)13-14-30-15-17-31(35)18-16-30;2*1-2/h7-12,15-18,23,28-29H,4,13-14,19-22H2,1-3,5-6H3;2*1-2H3. The van der Waals surface area contributed by atoms with Gasteiger partial charge in [0.2, 0.25) is 0 Å². The van der Waals surface area contributed by atoms with Crippen LogP contribution in [0.5, 0.6) is 0 Å². The Morgan fingerprint density at radius 2 is 1.45 bits per heavy atom. The molecule has 1 saturated heterocycles. The monoisotopic (exact) mass is 587 g/mol. The molecule has 1 aliphatic rings. The Balaban J connectivity index is 0.00000148. The molecule has 2 unspecified atom stereocenters. The van der Waals surface area contributed by atoms with Gasteiger partial charge in [0.05, 0.1) is 5.69 Å². The Morgan fingerprint density at radius 1 is 0.833 bits per heavy atom. The largest absolute Gasteiger partial charge is 0.373 e. The Hall–Kier alpha value is -2.88. The molecule has 1 aliphatic heterocycles. The molecule has 0 saturated carbocycles. The quantitative estimate of drug-likeness (QED) is 0.232. The highest BCUT2D eigenvalue weighted by Gasteiger charge is 2.28. The van der Waals surface area contributed by atoms with E-state index in [1.807, 2.05) is 39.8 Å². The van der Waals surface area contributed by atoms with E-state index in [-0.39, 0.29) is 12.0 Å². The van der Waals surface area contributed by atoms with Crippen LogP contribution in [0.25, 0.3) is 0 Å². The normalized spacial score (nSPS) is 15.1. The Kier molecular flexibility index (Phi) is 15.1. The molecule has 42 heavy (non-hydrogen) atoms. The third kappa shape index (κ3) is 9.85. The van der Waals surface area contributed by atoms with Crippen molar-refractivity contribution in [2.45, 2.75) is 87.1 Å². The van der Waals surface area contributed by atoms with Crippen molar-refractivity contribution < 1.29 is 0 Å². The maximum atomic E-state index is 6.04. The van der Waals surface area contributed by atoms with Crippen LogP contribution in [0.4, 0.5) is 5.69 Å². The topological polar surface area (TPSA) is 18.8 Å². The molecule has 0 bridgehead atoms. The average Bonchev–Trinajstić information content (AvgIpc) is 3.02. The number of hydrogen-bond donors (Lipinski definition) is 0. The molecule has 1 heterocycles. The molecule has 0 amide bonds. The van der Waals surface area contributed by atoms with Crippen LogP contribution in [0.1, 0.15) is 81.7 Å². The fraction of sp³-hybridized carbons (Fsp3) is 0.447. The van der Waals surface area contributed by atoms with Crippen LogP contribution in [0, 0.1) is 20.8 Å². The number of benzene rings is 3. The maximum Gasteiger partial charge on any atom is 0.0661 e. The lowest BCUT2D eigenvalue weighted by Gasteiger charge is -2.41. The van der Waals surface area contributed by atoms with Crippen LogP contribution in [0.3, 0.4) is 0 Å². The van der Waals surface area contributed by atoms with Crippen LogP contribution >= 0.6 is 11.6 Å². The van der Waals surface area contributed by atoms with Crippen LogP contribution in [-0.4, -0.2) is 47.7 Å². The van der Waals surface area contributed by atoms with Crippen LogP contribution in [0.15, 0.2) is 84.0 Å². The average molecular weight is 588 g/mol. The minimum Gasteiger partial charge on any atom is -0.373 e. The first-order chi connectivity index (χ1) is 20.2. The molecule has 0 aliphatic carbocycles. The van der Waals surface area contributed by atoms with Crippen molar-refractivity contribution in [2.24, 2.45) is 4.99 Å². The first kappa shape index (κ1) is 35.3. The number of aliphatic imine (C=N–C) groups is 1. The molecule has 2 atom stereocenters. The van der Waals surface area contributed by atoms with Gasteiger partial charge in [0.1, 0.15) is 0 Å². The molecular weight excluding hydrogens is 534 g/mol. The van der Waals surface area contributed by atoms with E-state index in [0.717, 1.165) is 49.7 Å². The van der Waals surface area contributed by atoms with Gasteiger partial charge in [0, 0.05) is 54.6 Å². The molecule has 228 valence electrons. The first-order valence-corrected chi connectivity index (χ1v) is 16.2. The van der Waals surface area contributed by atoms with E-state index in [9.17, 15) is 0 Å². The van der Waals surface area contributed by atoms with E-state index >= 15 is 0 Å². The summed E-state index contributed by atoms with van der Waals surface area (Å²) < 4.78 is 0. The molecule has 4 rings (SSSR count). The van der Waals surface area contributed by atoms with Gasteiger partial charge >= 0.3 is 0 Å². The summed E-state index contributed by atoms with van der Waals surface area (Å²) >= 11 is 6.04. The summed E-state index contributed by atoms with van der Waals surface area (Å²) in [6.45, 7) is 27.6. The summed E-state index contributed by atoms with van der Waals surface area (Å²) in [5, 5.41) is 0.787. The van der Waals surface area contributed by atoms with E-state index in [1.54, 1.807) is 0 Å². The third-order valence-corrected chi connectivity index (χ3v) is 8.32. The number of nitrogens with zero attached hydrogens (tertiary/aromatic N) is 3. The Bertz CT molecular complexity index is 1270. The van der Waals surface area contributed by atoms with E-state index in [0.29, 0.717) is 0 Å². The van der Waals surface area contributed by atoms with Crippen molar-refractivity contribution in [2.75, 3.05) is 26.2 Å². The lowest BCUT2D eigenvalue weighted by atomic mass is 9.88. The van der Waals surface area contributed by atoms with Gasteiger partial charge in [-0.05, 0) is 86.6 Å². The third-order valence-electron chi connectivity index (χ3n) is 8.07. The molecule has 3 nitrogen and oxygen atoms in total. The van der Waals surface area contributed by atoms with Crippen molar-refractivity contribution in [3.05, 3.63) is 112 Å². The number of rotatable bonds is 9. The molecule has 0 radical (unpaired) electrons. The lowest BCUT2D eigenvalue weighted by Crippen LogP contribution is -2.51. The molecule has 3 aromatic carbocycles. The van der Waals surface area contributed by atoms with Crippen molar-refractivity contribution >= 4 is 23.0 Å². The van der Waals surface area contributed by atoms with E-state index in [4.69, 9.17) is 16.6 Å². The number of allylic oxidation sites excluding steroid dienone is 1. The highest BCUT2D eigenvalue weighted by atomic mass is 35.5. The second-order valence-electron chi connectivity index (χ2n) is 10.8. The summed E-state index contributed by atoms with van der Waals surface area (Å²) in [6.07, 6.45) is 1.97. The van der Waals surface area contributed by atoms with Gasteiger partial charge in [-0.25, -0.2) is 0 Å². The minimum atomic E-state index is 0.235. The van der Waals surface area contributed by atoms with Crippen LogP contribution in [-0.2, 0) is 6.42 Å². The lowest BCUT2D eigenvalue weighted by molar-refractivity contribution is 0.143. The zero-order valence-electron chi connectivity index (χ0n) is 27.7. The fourth-order valence-electron chi connectivity index (χ4n) is 5.47. The summed E-state index contributed by atoms with van der Waals surface area (Å²) in [5.74, 6) is 0.235. The summed E-state index contributed by atoms with van der Waals surface area (Å²) in [5.41, 5.74) is 10.0. The zero-order chi connectivity index (χ0) is 31.2. The number of aryl methyl sites for hydroxylation is 4. The van der Waals surface area contributed by atoms with Gasteiger partial charge < -0.3 is 4.90 Å². The molecule has 0 N–H and O–H groups in total. The van der Waals surface area contributed by atoms with E-state index < -0.39 is 0 Å². The SMILES string of the molecule is C=C(CCc1ccc(Cl)cc1)N1CCN(C(C)C(=Nc2cc(C)ccc2C)C(C)c2ccccc2C)CC1.CC.CC. The van der Waals surface area contributed by atoms with E-state index in [1.165, 1.54) is 39.2 Å². The summed E-state index contributed by atoms with van der Waals surface area (Å²) in [7, 11) is 0. The predicted octanol–water partition coefficient (Wildman–Crippen LogP) is 10.3. The number of piperazine rings is 1. The van der Waals surface area contributed by atoms with E-state index in [2.05, 4.69) is 106 Å². The molecule has 0 aromatic heterocycles. The second kappa shape index (κ2) is 17.9. The van der Waals surface area contributed by atoms with Crippen molar-refractivity contribution in [1.82, 2.24) is 9.80 Å². The van der Waals surface area contributed by atoms with Gasteiger partial charge in [-0.2, -0.15) is 0 Å². The minimum absolute atomic E-state index is 0.235. The van der Waals surface area contributed by atoms with Gasteiger partial charge in [0.25, 0.3) is 0 Å². The van der Waals surface area contributed by atoms with Crippen LogP contribution < -0.4 is 0 Å². The second-order valence-corrected chi connectivity index (χ2v) is 11.2. The van der Waals surface area contributed by atoms with Gasteiger partial charge in [-0.1, -0.05) is 101 Å². The number of halogens is 1. The van der Waals surface area contributed by atoms with Crippen molar-refractivity contribution in [3.63, 3.8) is 0 Å². The molecule has 1 fully saturated rings. The Labute approximate surface area is 262 Å². The first-order valence-electron chi connectivity index (χ1n) is 15.9. The van der Waals surface area contributed by atoms with Gasteiger partial charge in [-0.15, -0.1) is 0 Å². The molecule has 0 spiro atoms. The smallest absolute Gasteiger partial charge is 0.0661 e. The van der Waals surface area contributed by atoms with Gasteiger partial charge in [-0.3, -0.25) is 9.89 Å². The predicted molar refractivity (Wildman–Crippen MR) is 187 cm³/mol. The summed E-state index contributed by atoms with van der Waals surface area (Å²) in [6, 6.07) is 23.7. The summed E-state index contributed by atoms with van der Waals surface area (Å²) in [4.78, 5) is 10.4. The van der Waals surface area contributed by atoms with Gasteiger partial charge in [0.15, 0.2) is 0 Å².